The Kier molecular flexibility index (Phi) is 37.6. The van der Waals surface area contributed by atoms with Crippen LogP contribution in [0.25, 0.3) is 0 Å². The van der Waals surface area contributed by atoms with Gasteiger partial charge in [-0.25, -0.2) is 0 Å². The van der Waals surface area contributed by atoms with Crippen molar-refractivity contribution in [2.45, 2.75) is 74.7 Å². The summed E-state index contributed by atoms with van der Waals surface area (Å²) >= 11 is 13.5. The summed E-state index contributed by atoms with van der Waals surface area (Å²) in [7, 11) is 0. The van der Waals surface area contributed by atoms with Crippen molar-refractivity contribution in [3.8, 4) is 0 Å². The zero-order valence-electron chi connectivity index (χ0n) is 48.2. The van der Waals surface area contributed by atoms with E-state index in [1.807, 2.05) is 0 Å². The van der Waals surface area contributed by atoms with Crippen molar-refractivity contribution in [3.05, 3.63) is 67.5 Å². The Bertz CT molecular complexity index is 3110. The molecule has 0 saturated carbocycles. The SMILES string of the molecule is Cc1c(NC(=O)C(O)C(O)CO)c(I)c(C(=O)NCCCN(CCCNC(=O)c2c(I)c(NC(=O)C(O)C(O)CO)c(I)c(C(=O)NCC(O)CO)c2I)C(=O)c2c(I)c(NC(=O)C(O)C(O)CO)c(I)c(C(=O)NCC(O)CO)c2I)c(I)c1C(=O)NCC(O)CO. The molecule has 0 aliphatic rings. The fourth-order valence-corrected chi connectivity index (χ4v) is 19.4. The van der Waals surface area contributed by atoms with E-state index in [1.165, 1.54) is 11.8 Å². The number of carbonyl (C=O) groups excluding carboxylic acids is 9. The van der Waals surface area contributed by atoms with Gasteiger partial charge in [0.05, 0.1) is 126 Å². The van der Waals surface area contributed by atoms with Crippen molar-refractivity contribution in [3.63, 3.8) is 0 Å². The Morgan fingerprint density at radius 2 is 0.613 bits per heavy atom. The minimum absolute atomic E-state index is 0.00239. The molecule has 9 unspecified atom stereocenters. The fourth-order valence-electron chi connectivity index (χ4n) is 7.85. The van der Waals surface area contributed by atoms with Gasteiger partial charge in [0.2, 0.25) is 0 Å². The summed E-state index contributed by atoms with van der Waals surface area (Å²) in [6.45, 7) is -6.52. The molecule has 0 bridgehead atoms. The van der Waals surface area contributed by atoms with Gasteiger partial charge in [0.25, 0.3) is 53.2 Å². The number of benzene rings is 3. The molecule has 93 heavy (non-hydrogen) atoms. The molecular formula is C52H65I8N9O24. The van der Waals surface area contributed by atoms with Crippen LogP contribution in [0.1, 0.15) is 80.6 Å². The molecule has 0 aromatic heterocycles. The number of aliphatic hydroxyl groups excluding tert-OH is 15. The van der Waals surface area contributed by atoms with Crippen molar-refractivity contribution in [2.75, 3.05) is 101 Å². The number of aliphatic hydroxyl groups is 15. The summed E-state index contributed by atoms with van der Waals surface area (Å²) in [4.78, 5) is 126. The highest BCUT2D eigenvalue weighted by molar-refractivity contribution is 14.1. The van der Waals surface area contributed by atoms with Gasteiger partial charge in [-0.05, 0) is 206 Å². The second kappa shape index (κ2) is 41.0. The first-order chi connectivity index (χ1) is 43.6. The molecule has 0 fully saturated rings. The van der Waals surface area contributed by atoms with Crippen LogP contribution in [0.4, 0.5) is 17.1 Å². The minimum atomic E-state index is -2.24. The average molecular weight is 2220 g/mol. The van der Waals surface area contributed by atoms with E-state index in [2.05, 4.69) is 42.5 Å². The number of halogens is 8. The lowest BCUT2D eigenvalue weighted by Crippen LogP contribution is -2.41. The number of nitrogens with zero attached hydrogens (tertiary/aromatic N) is 1. The molecule has 9 atom stereocenters. The molecular weight excluding hydrogens is 2150 g/mol. The first-order valence-corrected chi connectivity index (χ1v) is 35.6. The van der Waals surface area contributed by atoms with Crippen molar-refractivity contribution >= 4 is 251 Å². The summed E-state index contributed by atoms with van der Waals surface area (Å²) in [6.07, 6.45) is -17.0. The lowest BCUT2D eigenvalue weighted by molar-refractivity contribution is -0.131. The largest absolute Gasteiger partial charge is 0.394 e. The van der Waals surface area contributed by atoms with Gasteiger partial charge in [-0.3, -0.25) is 43.2 Å². The Morgan fingerprint density at radius 3 is 0.925 bits per heavy atom. The van der Waals surface area contributed by atoms with Gasteiger partial charge < -0.3 is 124 Å². The van der Waals surface area contributed by atoms with E-state index in [1.54, 1.807) is 181 Å². The van der Waals surface area contributed by atoms with Crippen LogP contribution in [-0.2, 0) is 14.4 Å². The van der Waals surface area contributed by atoms with Gasteiger partial charge in [-0.2, -0.15) is 0 Å². The summed E-state index contributed by atoms with van der Waals surface area (Å²) in [5.41, 5.74) is -1.95. The minimum Gasteiger partial charge on any atom is -0.394 e. The number of hydrogen-bond donors (Lipinski definition) is 23. The number of hydrogen-bond acceptors (Lipinski definition) is 24. The van der Waals surface area contributed by atoms with Gasteiger partial charge in [0, 0.05) is 56.5 Å². The molecule has 0 aliphatic carbocycles. The van der Waals surface area contributed by atoms with Gasteiger partial charge in [-0.1, -0.05) is 0 Å². The standard InChI is InChI=1S/C52H65I8N9O24/c1-17-24(44(85)63-8-18(76)11-70)30(53)25(33(56)38(17)66-49(90)41(82)21(79)14-73)45(86)61-4-2-6-69(52(93)29-32(55)28(48(89)65-10-20(78)13-72)36(59)40(37(29)60)68-51(92)43(84)23(81)16-75)7-3-5-62-46(87)26-31(54)27(47(88)64-9-19(77)12-71)35(58)39(34(26)57)67-50(91)42(83)22(80)15-74/h18-23,41-43,70-84H,2-16H2,1H3,(H,61,86)(H,62,87)(H,63,85)(H,64,88)(H,65,89)(H,66,90)(H,67,91)(H,68,92). The van der Waals surface area contributed by atoms with Gasteiger partial charge in [-0.15, -0.1) is 0 Å². The third kappa shape index (κ3) is 22.8. The van der Waals surface area contributed by atoms with Gasteiger partial charge >= 0.3 is 0 Å². The third-order valence-corrected chi connectivity index (χ3v) is 21.6. The average Bonchev–Trinajstić information content (AvgIpc) is 0.784. The lowest BCUT2D eigenvalue weighted by Gasteiger charge is -2.27. The lowest BCUT2D eigenvalue weighted by atomic mass is 10.0. The number of amides is 9. The summed E-state index contributed by atoms with van der Waals surface area (Å²) < 4.78 is -0.0814. The molecule has 33 nitrogen and oxygen atoms in total. The van der Waals surface area contributed by atoms with Crippen LogP contribution in [0.2, 0.25) is 0 Å². The van der Waals surface area contributed by atoms with Crippen molar-refractivity contribution in [1.82, 2.24) is 31.5 Å². The first-order valence-electron chi connectivity index (χ1n) is 27.0. The predicted molar refractivity (Wildman–Crippen MR) is 395 cm³/mol. The molecule has 0 spiro atoms. The highest BCUT2D eigenvalue weighted by Gasteiger charge is 2.36. The normalized spacial score (nSPS) is 14.2. The summed E-state index contributed by atoms with van der Waals surface area (Å²) in [5.74, 6) is -9.09. The zero-order valence-corrected chi connectivity index (χ0v) is 65.4. The molecule has 9 amide bonds. The van der Waals surface area contributed by atoms with Gasteiger partial charge in [0.1, 0.15) is 18.3 Å². The zero-order chi connectivity index (χ0) is 70.6. The van der Waals surface area contributed by atoms with E-state index in [4.69, 9.17) is 0 Å². The van der Waals surface area contributed by atoms with E-state index in [9.17, 15) is 115 Å². The van der Waals surface area contributed by atoms with Crippen molar-refractivity contribution in [2.24, 2.45) is 0 Å². The second-order valence-electron chi connectivity index (χ2n) is 19.7. The Morgan fingerprint density at radius 1 is 0.355 bits per heavy atom. The highest BCUT2D eigenvalue weighted by Crippen LogP contribution is 2.39. The monoisotopic (exact) mass is 2210 g/mol. The molecule has 3 rings (SSSR count). The summed E-state index contributed by atoms with van der Waals surface area (Å²) in [5, 5.41) is 168. The molecule has 518 valence electrons. The molecule has 3 aromatic carbocycles. The van der Waals surface area contributed by atoms with Crippen molar-refractivity contribution < 1.29 is 120 Å². The van der Waals surface area contributed by atoms with E-state index < -0.39 is 167 Å². The topological polar surface area (TPSA) is 557 Å². The Balaban J connectivity index is 2.25. The number of anilines is 3. The second-order valence-corrected chi connectivity index (χ2v) is 28.3. The van der Waals surface area contributed by atoms with E-state index in [0.29, 0.717) is 0 Å². The van der Waals surface area contributed by atoms with Crippen LogP contribution in [0.5, 0.6) is 0 Å². The van der Waals surface area contributed by atoms with Crippen LogP contribution >= 0.6 is 181 Å². The Hall–Kier alpha value is -1.87. The van der Waals surface area contributed by atoms with Crippen LogP contribution in [0.15, 0.2) is 0 Å². The maximum Gasteiger partial charge on any atom is 0.256 e. The van der Waals surface area contributed by atoms with Crippen LogP contribution in [-0.4, -0.2) is 275 Å². The number of carbonyl (C=O) groups is 9. The number of rotatable bonds is 35. The quantitative estimate of drug-likeness (QED) is 0.0198. The maximum atomic E-state index is 15.4. The molecule has 23 N–H and O–H groups in total. The van der Waals surface area contributed by atoms with E-state index in [0.717, 1.165) is 0 Å². The van der Waals surface area contributed by atoms with E-state index in [-0.39, 0.29) is 124 Å². The predicted octanol–water partition coefficient (Wildman–Crippen LogP) is -3.88. The smallest absolute Gasteiger partial charge is 0.256 e. The molecule has 0 saturated heterocycles. The molecule has 0 heterocycles. The van der Waals surface area contributed by atoms with Crippen molar-refractivity contribution in [1.29, 1.82) is 0 Å². The third-order valence-electron chi connectivity index (χ3n) is 13.0. The fraction of sp³-hybridized carbons (Fsp3) is 0.481. The van der Waals surface area contributed by atoms with Crippen LogP contribution in [0, 0.1) is 35.5 Å². The molecule has 0 aliphatic heterocycles. The molecule has 0 radical (unpaired) electrons. The number of nitrogens with one attached hydrogen (secondary N) is 8. The Labute approximate surface area is 638 Å². The highest BCUT2D eigenvalue weighted by atomic mass is 127. The molecule has 3 aromatic rings. The van der Waals surface area contributed by atoms with Crippen LogP contribution in [0.3, 0.4) is 0 Å². The maximum absolute atomic E-state index is 15.4. The molecule has 41 heteroatoms. The first kappa shape index (κ1) is 85.4. The van der Waals surface area contributed by atoms with Crippen LogP contribution < -0.4 is 42.5 Å². The summed E-state index contributed by atoms with van der Waals surface area (Å²) in [6, 6.07) is 0. The van der Waals surface area contributed by atoms with Gasteiger partial charge in [0.15, 0.2) is 18.3 Å². The van der Waals surface area contributed by atoms with E-state index >= 15 is 4.79 Å².